The second-order valence-corrected chi connectivity index (χ2v) is 3.73. The van der Waals surface area contributed by atoms with Gasteiger partial charge in [-0.3, -0.25) is 0 Å². The third kappa shape index (κ3) is 6.85. The first kappa shape index (κ1) is 19.8. The van der Waals surface area contributed by atoms with Crippen LogP contribution in [-0.4, -0.2) is 54.6 Å². The van der Waals surface area contributed by atoms with E-state index >= 15 is 0 Å². The summed E-state index contributed by atoms with van der Waals surface area (Å²) in [4.78, 5) is 29.9. The van der Waals surface area contributed by atoms with Gasteiger partial charge in [0.05, 0.1) is 26.9 Å². The number of carboxylic acid groups (broad SMARTS) is 3. The van der Waals surface area contributed by atoms with Crippen LogP contribution in [0.4, 0.5) is 0 Å². The van der Waals surface area contributed by atoms with Crippen LogP contribution in [0.25, 0.3) is 0 Å². The van der Waals surface area contributed by atoms with Crippen molar-refractivity contribution in [2.24, 2.45) is 0 Å². The topological polar surface area (TPSA) is 140 Å². The quantitative estimate of drug-likeness (QED) is 0.655. The van der Waals surface area contributed by atoms with E-state index in [-0.39, 0.29) is 5.56 Å². The van der Waals surface area contributed by atoms with Gasteiger partial charge in [-0.2, -0.15) is 0 Å². The Morgan fingerprint density at radius 2 is 1.22 bits per heavy atom. The molecule has 0 saturated heterocycles. The fourth-order valence-electron chi connectivity index (χ4n) is 1.35. The van der Waals surface area contributed by atoms with Crippen molar-refractivity contribution in [2.75, 3.05) is 21.3 Å². The van der Waals surface area contributed by atoms with Gasteiger partial charge in [-0.25, -0.2) is 14.4 Å². The average molecular weight is 328 g/mol. The Balaban J connectivity index is 0.000000515. The van der Waals surface area contributed by atoms with Crippen molar-refractivity contribution in [3.63, 3.8) is 0 Å². The molecule has 0 atom stereocenters. The van der Waals surface area contributed by atoms with Gasteiger partial charge in [-0.15, -0.1) is 0 Å². The number of aliphatic carboxylic acids is 2. The summed E-state index contributed by atoms with van der Waals surface area (Å²) < 4.78 is 15.1. The molecule has 0 spiro atoms. The molecule has 0 aliphatic rings. The van der Waals surface area contributed by atoms with E-state index in [0.29, 0.717) is 29.4 Å². The fraction of sp³-hybridized carbons (Fsp3) is 0.214. The van der Waals surface area contributed by atoms with Crippen LogP contribution in [0.5, 0.6) is 17.2 Å². The molecule has 0 aliphatic carbocycles. The fourth-order valence-corrected chi connectivity index (χ4v) is 1.35. The van der Waals surface area contributed by atoms with Crippen molar-refractivity contribution in [3.05, 3.63) is 29.8 Å². The zero-order valence-electron chi connectivity index (χ0n) is 12.6. The lowest BCUT2D eigenvalue weighted by Gasteiger charge is -2.12. The number of benzene rings is 1. The minimum absolute atomic E-state index is 0.0875. The van der Waals surface area contributed by atoms with Gasteiger partial charge in [-0.1, -0.05) is 0 Å². The van der Waals surface area contributed by atoms with Gasteiger partial charge in [0.1, 0.15) is 0 Å². The lowest BCUT2D eigenvalue weighted by atomic mass is 10.2. The lowest BCUT2D eigenvalue weighted by molar-refractivity contribution is -0.134. The van der Waals surface area contributed by atoms with Gasteiger partial charge < -0.3 is 29.5 Å². The zero-order valence-corrected chi connectivity index (χ0v) is 12.6. The van der Waals surface area contributed by atoms with E-state index in [1.165, 1.54) is 33.5 Å². The first-order valence-corrected chi connectivity index (χ1v) is 5.94. The highest BCUT2D eigenvalue weighted by atomic mass is 16.5. The summed E-state index contributed by atoms with van der Waals surface area (Å²) >= 11 is 0. The Bertz CT molecular complexity index is 563. The number of methoxy groups -OCH3 is 3. The Labute approximate surface area is 131 Å². The summed E-state index contributed by atoms with van der Waals surface area (Å²) in [6.45, 7) is 0. The third-order valence-electron chi connectivity index (χ3n) is 2.28. The standard InChI is InChI=1S/C10H12O5.C4H4O4/c1-13-7-4-6(10(11)12)5-8(14-2)9(7)15-3;5-3(6)1-2-4(7)8/h4-5H,1-3H3,(H,11,12);1-2H,(H,5,6)(H,7,8). The maximum Gasteiger partial charge on any atom is 0.335 e. The average Bonchev–Trinajstić information content (AvgIpc) is 2.51. The number of hydrogen-bond donors (Lipinski definition) is 3. The molecule has 1 aromatic carbocycles. The molecule has 0 amide bonds. The number of aromatic carboxylic acids is 1. The summed E-state index contributed by atoms with van der Waals surface area (Å²) in [6, 6.07) is 2.76. The molecule has 1 rings (SSSR count). The van der Waals surface area contributed by atoms with E-state index in [4.69, 9.17) is 29.5 Å². The molecule has 0 radical (unpaired) electrons. The second-order valence-electron chi connectivity index (χ2n) is 3.73. The maximum atomic E-state index is 10.8. The predicted octanol–water partition coefficient (Wildman–Crippen LogP) is 1.12. The van der Waals surface area contributed by atoms with Crippen molar-refractivity contribution in [3.8, 4) is 17.2 Å². The van der Waals surface area contributed by atoms with Gasteiger partial charge in [0.15, 0.2) is 11.5 Å². The van der Waals surface area contributed by atoms with Crippen molar-refractivity contribution in [1.82, 2.24) is 0 Å². The Morgan fingerprint density at radius 3 is 1.43 bits per heavy atom. The lowest BCUT2D eigenvalue weighted by Crippen LogP contribution is -2.01. The zero-order chi connectivity index (χ0) is 18.0. The van der Waals surface area contributed by atoms with Gasteiger partial charge in [0, 0.05) is 12.2 Å². The number of ether oxygens (including phenoxy) is 3. The molecule has 0 fully saturated rings. The van der Waals surface area contributed by atoms with Gasteiger partial charge in [-0.05, 0) is 12.1 Å². The first-order chi connectivity index (χ1) is 10.8. The van der Waals surface area contributed by atoms with Crippen molar-refractivity contribution in [2.45, 2.75) is 0 Å². The minimum Gasteiger partial charge on any atom is -0.493 e. The van der Waals surface area contributed by atoms with E-state index in [1.807, 2.05) is 0 Å². The molecule has 0 heterocycles. The van der Waals surface area contributed by atoms with E-state index < -0.39 is 17.9 Å². The van der Waals surface area contributed by atoms with Crippen LogP contribution in [0.1, 0.15) is 10.4 Å². The molecule has 0 aromatic heterocycles. The number of rotatable bonds is 6. The van der Waals surface area contributed by atoms with Crippen molar-refractivity contribution in [1.29, 1.82) is 0 Å². The van der Waals surface area contributed by atoms with Gasteiger partial charge in [0.25, 0.3) is 0 Å². The summed E-state index contributed by atoms with van der Waals surface area (Å²) in [5.41, 5.74) is 0.0875. The molecule has 9 nitrogen and oxygen atoms in total. The molecule has 0 saturated carbocycles. The van der Waals surface area contributed by atoms with Gasteiger partial charge in [0.2, 0.25) is 5.75 Å². The summed E-state index contributed by atoms with van der Waals surface area (Å²) in [6.07, 6.45) is 1.12. The number of carboxylic acids is 3. The van der Waals surface area contributed by atoms with Gasteiger partial charge >= 0.3 is 17.9 Å². The monoisotopic (exact) mass is 328 g/mol. The highest BCUT2D eigenvalue weighted by Gasteiger charge is 2.15. The molecule has 3 N–H and O–H groups in total. The molecule has 126 valence electrons. The van der Waals surface area contributed by atoms with E-state index in [2.05, 4.69) is 0 Å². The van der Waals surface area contributed by atoms with Crippen LogP contribution in [-0.2, 0) is 9.59 Å². The summed E-state index contributed by atoms with van der Waals surface area (Å²) in [5.74, 6) is -2.53. The molecular formula is C14H16O9. The van der Waals surface area contributed by atoms with Crippen LogP contribution in [0.2, 0.25) is 0 Å². The van der Waals surface area contributed by atoms with Crippen LogP contribution in [0, 0.1) is 0 Å². The highest BCUT2D eigenvalue weighted by molar-refractivity contribution is 5.90. The Morgan fingerprint density at radius 1 is 0.826 bits per heavy atom. The minimum atomic E-state index is -1.26. The molecule has 0 aliphatic heterocycles. The number of carbonyl (C=O) groups is 3. The SMILES string of the molecule is COc1cc(C(=O)O)cc(OC)c1OC.O=C(O)C=CC(=O)O. The summed E-state index contributed by atoms with van der Waals surface area (Å²) in [7, 11) is 4.33. The Hall–Kier alpha value is -3.23. The van der Waals surface area contributed by atoms with E-state index in [1.54, 1.807) is 0 Å². The first-order valence-electron chi connectivity index (χ1n) is 5.94. The van der Waals surface area contributed by atoms with Crippen molar-refractivity contribution < 1.29 is 43.9 Å². The van der Waals surface area contributed by atoms with E-state index in [9.17, 15) is 14.4 Å². The Kier molecular flexibility index (Phi) is 8.30. The van der Waals surface area contributed by atoms with Crippen molar-refractivity contribution >= 4 is 17.9 Å². The molecule has 1 aromatic rings. The molecule has 9 heteroatoms. The molecule has 0 bridgehead atoms. The van der Waals surface area contributed by atoms with Crippen LogP contribution in [0.3, 0.4) is 0 Å². The molecular weight excluding hydrogens is 312 g/mol. The second kappa shape index (κ2) is 9.66. The smallest absolute Gasteiger partial charge is 0.335 e. The van der Waals surface area contributed by atoms with E-state index in [0.717, 1.165) is 0 Å². The highest BCUT2D eigenvalue weighted by Crippen LogP contribution is 2.38. The number of hydrogen-bond acceptors (Lipinski definition) is 6. The largest absolute Gasteiger partial charge is 0.493 e. The maximum absolute atomic E-state index is 10.8. The predicted molar refractivity (Wildman–Crippen MR) is 77.5 cm³/mol. The third-order valence-corrected chi connectivity index (χ3v) is 2.28. The van der Waals surface area contributed by atoms with Crippen LogP contribution < -0.4 is 14.2 Å². The molecule has 0 unspecified atom stereocenters. The normalized spacial score (nSPS) is 9.52. The van der Waals surface area contributed by atoms with Crippen LogP contribution in [0.15, 0.2) is 24.3 Å². The van der Waals surface area contributed by atoms with Crippen LogP contribution >= 0.6 is 0 Å². The molecule has 23 heavy (non-hydrogen) atoms. The summed E-state index contributed by atoms with van der Waals surface area (Å²) in [5, 5.41) is 24.5.